The zero-order valence-electron chi connectivity index (χ0n) is 10.8. The summed E-state index contributed by atoms with van der Waals surface area (Å²) < 4.78 is 27.0. The largest absolute Gasteiger partial charge is 0.384 e. The first-order valence-corrected chi connectivity index (χ1v) is 7.14. The molecular formula is C15H11BrF2N2O. The number of carbonyl (C=O) groups excluding carboxylic acids is 1. The van der Waals surface area contributed by atoms with Gasteiger partial charge in [0.05, 0.1) is 16.1 Å². The molecular weight excluding hydrogens is 342 g/mol. The van der Waals surface area contributed by atoms with Crippen molar-refractivity contribution >= 4 is 33.2 Å². The Morgan fingerprint density at radius 2 is 2.00 bits per heavy atom. The monoisotopic (exact) mass is 352 g/mol. The number of benzene rings is 2. The molecule has 3 nitrogen and oxygen atoms in total. The molecule has 108 valence electrons. The second-order valence-corrected chi connectivity index (χ2v) is 5.61. The topological polar surface area (TPSA) is 41.1 Å². The molecule has 0 saturated heterocycles. The van der Waals surface area contributed by atoms with Gasteiger partial charge >= 0.3 is 0 Å². The first-order valence-electron chi connectivity index (χ1n) is 6.34. The zero-order valence-corrected chi connectivity index (χ0v) is 12.4. The van der Waals surface area contributed by atoms with Crippen molar-refractivity contribution in [2.24, 2.45) is 0 Å². The quantitative estimate of drug-likeness (QED) is 0.805. The zero-order chi connectivity index (χ0) is 15.0. The summed E-state index contributed by atoms with van der Waals surface area (Å²) in [4.78, 5) is 12.3. The molecule has 1 amide bonds. The van der Waals surface area contributed by atoms with Gasteiger partial charge in [0.1, 0.15) is 11.6 Å². The lowest BCUT2D eigenvalue weighted by atomic mass is 10.0. The predicted octanol–water partition coefficient (Wildman–Crippen LogP) is 3.88. The van der Waals surface area contributed by atoms with E-state index in [0.717, 1.165) is 17.3 Å². The van der Waals surface area contributed by atoms with Gasteiger partial charge in [-0.1, -0.05) is 18.2 Å². The van der Waals surface area contributed by atoms with Crippen molar-refractivity contribution in [3.05, 3.63) is 58.1 Å². The molecule has 3 rings (SSSR count). The average molecular weight is 353 g/mol. The Morgan fingerprint density at radius 1 is 1.24 bits per heavy atom. The van der Waals surface area contributed by atoms with Crippen LogP contribution in [0, 0.1) is 11.6 Å². The van der Waals surface area contributed by atoms with Gasteiger partial charge in [-0.2, -0.15) is 0 Å². The highest BCUT2D eigenvalue weighted by Crippen LogP contribution is 2.32. The van der Waals surface area contributed by atoms with Crippen LogP contribution in [0.15, 0.2) is 40.9 Å². The van der Waals surface area contributed by atoms with Gasteiger partial charge in [-0.25, -0.2) is 8.78 Å². The van der Waals surface area contributed by atoms with Crippen LogP contribution in [-0.2, 0) is 4.79 Å². The summed E-state index contributed by atoms with van der Waals surface area (Å²) in [6, 6.07) is 9.43. The first-order chi connectivity index (χ1) is 10.1. The normalized spacial score (nSPS) is 16.2. The van der Waals surface area contributed by atoms with Crippen molar-refractivity contribution in [1.82, 2.24) is 0 Å². The summed E-state index contributed by atoms with van der Waals surface area (Å²) in [5, 5.41) is 5.64. The maximum absolute atomic E-state index is 13.7. The maximum atomic E-state index is 13.7. The van der Waals surface area contributed by atoms with Gasteiger partial charge < -0.3 is 10.6 Å². The summed E-state index contributed by atoms with van der Waals surface area (Å²) >= 11 is 2.97. The van der Waals surface area contributed by atoms with E-state index in [2.05, 4.69) is 26.6 Å². The van der Waals surface area contributed by atoms with Gasteiger partial charge in [0, 0.05) is 18.3 Å². The lowest BCUT2D eigenvalue weighted by molar-refractivity contribution is -0.117. The Labute approximate surface area is 128 Å². The minimum atomic E-state index is -0.803. The third-order valence-electron chi connectivity index (χ3n) is 3.42. The van der Waals surface area contributed by atoms with Crippen molar-refractivity contribution in [2.45, 2.75) is 5.92 Å². The molecule has 0 spiro atoms. The smallest absolute Gasteiger partial charge is 0.233 e. The van der Waals surface area contributed by atoms with Gasteiger partial charge in [0.2, 0.25) is 5.91 Å². The van der Waals surface area contributed by atoms with E-state index in [4.69, 9.17) is 0 Å². The van der Waals surface area contributed by atoms with Crippen LogP contribution in [0.2, 0.25) is 0 Å². The Kier molecular flexibility index (Phi) is 3.63. The summed E-state index contributed by atoms with van der Waals surface area (Å²) in [6.07, 6.45) is 0. The molecule has 0 radical (unpaired) electrons. The van der Waals surface area contributed by atoms with Crippen LogP contribution < -0.4 is 10.6 Å². The summed E-state index contributed by atoms with van der Waals surface area (Å²) in [6.45, 7) is 0.454. The van der Waals surface area contributed by atoms with Crippen molar-refractivity contribution in [3.8, 4) is 0 Å². The molecule has 1 aliphatic rings. The highest BCUT2D eigenvalue weighted by Gasteiger charge is 2.28. The Balaban J connectivity index is 1.84. The fraction of sp³-hybridized carbons (Fsp3) is 0.133. The van der Waals surface area contributed by atoms with Crippen LogP contribution in [0.4, 0.5) is 20.2 Å². The third kappa shape index (κ3) is 2.63. The van der Waals surface area contributed by atoms with Crippen molar-refractivity contribution in [3.63, 3.8) is 0 Å². The van der Waals surface area contributed by atoms with Crippen LogP contribution in [0.3, 0.4) is 0 Å². The molecule has 1 unspecified atom stereocenters. The second-order valence-electron chi connectivity index (χ2n) is 4.76. The van der Waals surface area contributed by atoms with E-state index in [-0.39, 0.29) is 16.1 Å². The standard InChI is InChI=1S/C15H11BrF2N2O/c16-10-5-14(12(18)6-11(10)17)20-15(21)9-7-19-13-4-2-1-3-8(9)13/h1-6,9,19H,7H2,(H,20,21). The maximum Gasteiger partial charge on any atom is 0.233 e. The number of para-hydroxylation sites is 1. The molecule has 0 saturated carbocycles. The SMILES string of the molecule is O=C(Nc1cc(Br)c(F)cc1F)C1CNc2ccccc21. The molecule has 21 heavy (non-hydrogen) atoms. The lowest BCUT2D eigenvalue weighted by Crippen LogP contribution is -2.23. The molecule has 6 heteroatoms. The van der Waals surface area contributed by atoms with Gasteiger partial charge in [-0.15, -0.1) is 0 Å². The Hall–Kier alpha value is -1.95. The van der Waals surface area contributed by atoms with Gasteiger partial charge in [-0.05, 0) is 33.6 Å². The van der Waals surface area contributed by atoms with E-state index >= 15 is 0 Å². The van der Waals surface area contributed by atoms with Crippen molar-refractivity contribution < 1.29 is 13.6 Å². The Morgan fingerprint density at radius 3 is 2.81 bits per heavy atom. The van der Waals surface area contributed by atoms with Crippen LogP contribution in [0.1, 0.15) is 11.5 Å². The molecule has 2 aromatic rings. The molecule has 0 aliphatic carbocycles. The van der Waals surface area contributed by atoms with Gasteiger partial charge in [0.15, 0.2) is 0 Å². The molecule has 0 fully saturated rings. The number of amides is 1. The number of fused-ring (bicyclic) bond motifs is 1. The number of halogens is 3. The van der Waals surface area contributed by atoms with Gasteiger partial charge in [-0.3, -0.25) is 4.79 Å². The number of carbonyl (C=O) groups is 1. The van der Waals surface area contributed by atoms with Crippen LogP contribution >= 0.6 is 15.9 Å². The minimum Gasteiger partial charge on any atom is -0.384 e. The van der Waals surface area contributed by atoms with Crippen LogP contribution in [-0.4, -0.2) is 12.5 Å². The van der Waals surface area contributed by atoms with Crippen LogP contribution in [0.25, 0.3) is 0 Å². The third-order valence-corrected chi connectivity index (χ3v) is 4.02. The van der Waals surface area contributed by atoms with E-state index in [9.17, 15) is 13.6 Å². The number of hydrogen-bond donors (Lipinski definition) is 2. The van der Waals surface area contributed by atoms with E-state index in [1.54, 1.807) is 0 Å². The predicted molar refractivity (Wildman–Crippen MR) is 80.4 cm³/mol. The molecule has 0 aromatic heterocycles. The van der Waals surface area contributed by atoms with Crippen molar-refractivity contribution in [1.29, 1.82) is 0 Å². The number of hydrogen-bond acceptors (Lipinski definition) is 2. The highest BCUT2D eigenvalue weighted by molar-refractivity contribution is 9.10. The molecule has 1 aliphatic heterocycles. The first kappa shape index (κ1) is 14.0. The summed E-state index contributed by atoms with van der Waals surface area (Å²) in [5.41, 5.74) is 1.73. The number of anilines is 2. The average Bonchev–Trinajstić information content (AvgIpc) is 2.88. The van der Waals surface area contributed by atoms with E-state index in [0.29, 0.717) is 6.54 Å². The minimum absolute atomic E-state index is 0.0438. The van der Waals surface area contributed by atoms with Crippen LogP contribution in [0.5, 0.6) is 0 Å². The Bertz CT molecular complexity index is 721. The summed E-state index contributed by atoms with van der Waals surface area (Å²) in [7, 11) is 0. The van der Waals surface area contributed by atoms with E-state index < -0.39 is 17.6 Å². The molecule has 1 heterocycles. The molecule has 1 atom stereocenters. The highest BCUT2D eigenvalue weighted by atomic mass is 79.9. The van der Waals surface area contributed by atoms with Crippen molar-refractivity contribution in [2.75, 3.05) is 17.2 Å². The fourth-order valence-electron chi connectivity index (χ4n) is 2.36. The van der Waals surface area contributed by atoms with E-state index in [1.165, 1.54) is 6.07 Å². The molecule has 0 bridgehead atoms. The summed E-state index contributed by atoms with van der Waals surface area (Å²) in [5.74, 6) is -2.24. The number of nitrogens with one attached hydrogen (secondary N) is 2. The number of rotatable bonds is 2. The van der Waals surface area contributed by atoms with Gasteiger partial charge in [0.25, 0.3) is 0 Å². The lowest BCUT2D eigenvalue weighted by Gasteiger charge is -2.12. The second kappa shape index (κ2) is 5.44. The van der Waals surface area contributed by atoms with E-state index in [1.807, 2.05) is 24.3 Å². The molecule has 2 N–H and O–H groups in total. The fourth-order valence-corrected chi connectivity index (χ4v) is 2.70. The molecule has 2 aromatic carbocycles.